The number of aromatic nitrogens is 2. The molecule has 1 atom stereocenters. The van der Waals surface area contributed by atoms with Crippen molar-refractivity contribution in [3.8, 4) is 11.1 Å². The highest BCUT2D eigenvalue weighted by Crippen LogP contribution is 2.24. The van der Waals surface area contributed by atoms with Crippen LogP contribution in [0.3, 0.4) is 0 Å². The highest BCUT2D eigenvalue weighted by molar-refractivity contribution is 7.80. The number of rotatable bonds is 13. The van der Waals surface area contributed by atoms with E-state index in [1.807, 2.05) is 72.9 Å². The summed E-state index contributed by atoms with van der Waals surface area (Å²) in [6, 6.07) is 25.0. The van der Waals surface area contributed by atoms with Crippen LogP contribution in [-0.4, -0.2) is 32.3 Å². The van der Waals surface area contributed by atoms with E-state index in [1.54, 1.807) is 12.1 Å². The van der Waals surface area contributed by atoms with Crippen LogP contribution in [0.5, 0.6) is 0 Å². The standard InChI is InChI=1S/C32H35N3O3S/c1-2-3-13-30-34-27(19-33-31(36)26(22-39)18-23-9-5-4-6-10-23)21-35(30)20-24-14-16-25(17-15-24)28-11-7-8-12-29(28)32(37)38/h4-12,14-17,21,26,39H,2-3,13,18-20,22H2,1H3,(H,33,36)(H,37,38). The number of amides is 1. The van der Waals surface area contributed by atoms with Gasteiger partial charge in [-0.15, -0.1) is 0 Å². The molecule has 1 amide bonds. The Labute approximate surface area is 235 Å². The van der Waals surface area contributed by atoms with Gasteiger partial charge in [-0.05, 0) is 41.2 Å². The zero-order chi connectivity index (χ0) is 27.6. The summed E-state index contributed by atoms with van der Waals surface area (Å²) in [6.45, 7) is 3.18. The number of carbonyl (C=O) groups excluding carboxylic acids is 1. The van der Waals surface area contributed by atoms with Crippen molar-refractivity contribution >= 4 is 24.5 Å². The number of nitrogens with one attached hydrogen (secondary N) is 1. The topological polar surface area (TPSA) is 84.2 Å². The molecule has 4 aromatic rings. The van der Waals surface area contributed by atoms with Gasteiger partial charge < -0.3 is 15.0 Å². The molecule has 0 aliphatic heterocycles. The summed E-state index contributed by atoms with van der Waals surface area (Å²) in [7, 11) is 0. The molecule has 39 heavy (non-hydrogen) atoms. The van der Waals surface area contributed by atoms with Crippen LogP contribution in [-0.2, 0) is 30.7 Å². The number of carboxylic acid groups (broad SMARTS) is 1. The summed E-state index contributed by atoms with van der Waals surface area (Å²) in [6.07, 6.45) is 5.64. The smallest absolute Gasteiger partial charge is 0.336 e. The van der Waals surface area contributed by atoms with Crippen LogP contribution >= 0.6 is 12.6 Å². The fourth-order valence-corrected chi connectivity index (χ4v) is 4.93. The Balaban J connectivity index is 1.45. The zero-order valence-electron chi connectivity index (χ0n) is 22.2. The summed E-state index contributed by atoms with van der Waals surface area (Å²) >= 11 is 4.42. The first-order chi connectivity index (χ1) is 19.0. The van der Waals surface area contributed by atoms with Crippen LogP contribution < -0.4 is 5.32 Å². The van der Waals surface area contributed by atoms with E-state index in [-0.39, 0.29) is 17.4 Å². The van der Waals surface area contributed by atoms with E-state index in [1.165, 1.54) is 0 Å². The van der Waals surface area contributed by atoms with Crippen LogP contribution in [0.15, 0.2) is 85.1 Å². The van der Waals surface area contributed by atoms with Crippen molar-refractivity contribution in [3.05, 3.63) is 113 Å². The molecular formula is C32H35N3O3S. The molecule has 0 fully saturated rings. The van der Waals surface area contributed by atoms with Crippen LogP contribution in [0.1, 0.15) is 52.8 Å². The second-order valence-corrected chi connectivity index (χ2v) is 10.1. The molecule has 0 radical (unpaired) electrons. The third-order valence-corrected chi connectivity index (χ3v) is 7.24. The van der Waals surface area contributed by atoms with Crippen molar-refractivity contribution in [1.82, 2.24) is 14.9 Å². The lowest BCUT2D eigenvalue weighted by atomic mass is 9.99. The lowest BCUT2D eigenvalue weighted by molar-refractivity contribution is -0.124. The number of imidazole rings is 1. The van der Waals surface area contributed by atoms with Gasteiger partial charge in [0.15, 0.2) is 0 Å². The van der Waals surface area contributed by atoms with Gasteiger partial charge in [-0.25, -0.2) is 9.78 Å². The molecule has 2 N–H and O–H groups in total. The SMILES string of the molecule is CCCCc1nc(CNC(=O)C(CS)Cc2ccccc2)cn1Cc1ccc(-c2ccccc2C(=O)O)cc1. The number of hydrogen-bond acceptors (Lipinski definition) is 4. The molecule has 1 aromatic heterocycles. The third-order valence-electron chi connectivity index (χ3n) is 6.80. The number of hydrogen-bond donors (Lipinski definition) is 3. The third kappa shape index (κ3) is 7.60. The lowest BCUT2D eigenvalue weighted by Crippen LogP contribution is -2.32. The van der Waals surface area contributed by atoms with Crippen molar-refractivity contribution in [1.29, 1.82) is 0 Å². The van der Waals surface area contributed by atoms with Gasteiger partial charge in [-0.1, -0.05) is 86.1 Å². The quantitative estimate of drug-likeness (QED) is 0.180. The number of benzene rings is 3. The Morgan fingerprint density at radius 1 is 0.974 bits per heavy atom. The maximum atomic E-state index is 12.9. The molecule has 1 unspecified atom stereocenters. The van der Waals surface area contributed by atoms with Gasteiger partial charge in [-0.3, -0.25) is 4.79 Å². The van der Waals surface area contributed by atoms with Gasteiger partial charge in [0.05, 0.1) is 23.7 Å². The summed E-state index contributed by atoms with van der Waals surface area (Å²) in [5.41, 5.74) is 4.90. The molecule has 0 saturated heterocycles. The van der Waals surface area contributed by atoms with Gasteiger partial charge >= 0.3 is 5.97 Å². The van der Waals surface area contributed by atoms with E-state index in [4.69, 9.17) is 4.98 Å². The number of aromatic carboxylic acids is 1. The Kier molecular flexibility index (Phi) is 9.97. The molecule has 6 nitrogen and oxygen atoms in total. The predicted molar refractivity (Wildman–Crippen MR) is 158 cm³/mol. The monoisotopic (exact) mass is 541 g/mol. The zero-order valence-corrected chi connectivity index (χ0v) is 23.1. The number of carbonyl (C=O) groups is 2. The average molecular weight is 542 g/mol. The summed E-state index contributed by atoms with van der Waals surface area (Å²) in [4.78, 5) is 29.4. The predicted octanol–water partition coefficient (Wildman–Crippen LogP) is 6.04. The van der Waals surface area contributed by atoms with E-state index in [9.17, 15) is 14.7 Å². The maximum absolute atomic E-state index is 12.9. The highest BCUT2D eigenvalue weighted by Gasteiger charge is 2.18. The number of unbranched alkanes of at least 4 members (excludes halogenated alkanes) is 1. The Bertz CT molecular complexity index is 1380. The molecule has 4 rings (SSSR count). The number of carboxylic acids is 1. The van der Waals surface area contributed by atoms with Crippen LogP contribution in [0, 0.1) is 5.92 Å². The Morgan fingerprint density at radius 2 is 1.69 bits per heavy atom. The van der Waals surface area contributed by atoms with Crippen molar-refractivity contribution in [2.45, 2.75) is 45.7 Å². The summed E-state index contributed by atoms with van der Waals surface area (Å²) in [5.74, 6) is 0.312. The van der Waals surface area contributed by atoms with E-state index in [0.717, 1.165) is 47.5 Å². The number of aryl methyl sites for hydroxylation is 1. The second-order valence-electron chi connectivity index (χ2n) is 9.71. The summed E-state index contributed by atoms with van der Waals surface area (Å²) in [5, 5.41) is 12.6. The lowest BCUT2D eigenvalue weighted by Gasteiger charge is -2.14. The first-order valence-corrected chi connectivity index (χ1v) is 14.0. The molecule has 202 valence electrons. The van der Waals surface area contributed by atoms with Crippen molar-refractivity contribution < 1.29 is 14.7 Å². The fraction of sp³-hybridized carbons (Fsp3) is 0.281. The minimum atomic E-state index is -0.936. The normalized spacial score (nSPS) is 11.7. The molecule has 0 bridgehead atoms. The fourth-order valence-electron chi connectivity index (χ4n) is 4.64. The molecule has 0 aliphatic carbocycles. The van der Waals surface area contributed by atoms with Crippen molar-refractivity contribution in [2.75, 3.05) is 5.75 Å². The van der Waals surface area contributed by atoms with Gasteiger partial charge in [0.25, 0.3) is 0 Å². The van der Waals surface area contributed by atoms with Crippen molar-refractivity contribution in [3.63, 3.8) is 0 Å². The highest BCUT2D eigenvalue weighted by atomic mass is 32.1. The maximum Gasteiger partial charge on any atom is 0.336 e. The largest absolute Gasteiger partial charge is 0.478 e. The molecule has 0 saturated carbocycles. The summed E-state index contributed by atoms with van der Waals surface area (Å²) < 4.78 is 2.15. The van der Waals surface area contributed by atoms with E-state index >= 15 is 0 Å². The first-order valence-electron chi connectivity index (χ1n) is 13.4. The molecule has 7 heteroatoms. The molecule has 0 aliphatic rings. The van der Waals surface area contributed by atoms with Gasteiger partial charge in [0.1, 0.15) is 5.82 Å². The van der Waals surface area contributed by atoms with E-state index < -0.39 is 5.97 Å². The molecule has 3 aromatic carbocycles. The minimum Gasteiger partial charge on any atom is -0.478 e. The Hall–Kier alpha value is -3.84. The number of thiol groups is 1. The van der Waals surface area contributed by atoms with Crippen LogP contribution in [0.25, 0.3) is 11.1 Å². The van der Waals surface area contributed by atoms with Crippen LogP contribution in [0.2, 0.25) is 0 Å². The molecular weight excluding hydrogens is 506 g/mol. The van der Waals surface area contributed by atoms with Crippen molar-refractivity contribution in [2.24, 2.45) is 5.92 Å². The number of nitrogens with zero attached hydrogens (tertiary/aromatic N) is 2. The van der Waals surface area contributed by atoms with E-state index in [2.05, 4.69) is 29.4 Å². The second kappa shape index (κ2) is 13.8. The molecule has 1 heterocycles. The van der Waals surface area contributed by atoms with Crippen LogP contribution in [0.4, 0.5) is 0 Å². The molecule has 0 spiro atoms. The average Bonchev–Trinajstić information content (AvgIpc) is 3.35. The van der Waals surface area contributed by atoms with Gasteiger partial charge in [-0.2, -0.15) is 12.6 Å². The first kappa shape index (κ1) is 28.2. The van der Waals surface area contributed by atoms with Gasteiger partial charge in [0, 0.05) is 24.9 Å². The Morgan fingerprint density at radius 3 is 2.38 bits per heavy atom. The minimum absolute atomic E-state index is 0.0178. The van der Waals surface area contributed by atoms with Gasteiger partial charge in [0.2, 0.25) is 5.91 Å². The van der Waals surface area contributed by atoms with E-state index in [0.29, 0.717) is 30.8 Å².